The maximum Gasteiger partial charge on any atom is 0.303 e. The van der Waals surface area contributed by atoms with Gasteiger partial charge in [-0.25, -0.2) is 9.07 Å². The summed E-state index contributed by atoms with van der Waals surface area (Å²) in [6.07, 6.45) is -0.701. The van der Waals surface area contributed by atoms with Crippen LogP contribution in [0.25, 0.3) is 11.4 Å². The van der Waals surface area contributed by atoms with Gasteiger partial charge in [-0.3, -0.25) is 19.4 Å². The van der Waals surface area contributed by atoms with Crippen molar-refractivity contribution >= 4 is 52.9 Å². The fourth-order valence-electron chi connectivity index (χ4n) is 4.03. The number of thioether (sulfide) groups is 1. The van der Waals surface area contributed by atoms with Gasteiger partial charge in [-0.15, -0.1) is 5.10 Å². The van der Waals surface area contributed by atoms with Crippen LogP contribution in [0.4, 0.5) is 4.39 Å². The van der Waals surface area contributed by atoms with Crippen LogP contribution < -0.4 is 0 Å². The first-order valence-electron chi connectivity index (χ1n) is 11.8. The highest BCUT2D eigenvalue weighted by Gasteiger charge is 2.52. The van der Waals surface area contributed by atoms with Gasteiger partial charge in [0, 0.05) is 25.7 Å². The van der Waals surface area contributed by atoms with E-state index in [0.29, 0.717) is 20.6 Å². The van der Waals surface area contributed by atoms with Crippen molar-refractivity contribution in [2.75, 3.05) is 6.61 Å². The van der Waals surface area contributed by atoms with E-state index in [1.54, 1.807) is 18.2 Å². The second kappa shape index (κ2) is 12.9. The highest BCUT2D eigenvalue weighted by atomic mass is 35.5. The normalized spacial score (nSPS) is 22.4. The van der Waals surface area contributed by atoms with Crippen LogP contribution in [0.1, 0.15) is 26.8 Å². The zero-order valence-electron chi connectivity index (χ0n) is 21.3. The third-order valence-electron chi connectivity index (χ3n) is 5.62. The highest BCUT2D eigenvalue weighted by Crippen LogP contribution is 2.42. The van der Waals surface area contributed by atoms with Gasteiger partial charge in [0.1, 0.15) is 35.7 Å². The number of aromatic nitrogens is 4. The van der Waals surface area contributed by atoms with Crippen molar-refractivity contribution in [2.45, 2.75) is 55.5 Å². The summed E-state index contributed by atoms with van der Waals surface area (Å²) in [5.41, 5.74) is -0.319. The number of benzene rings is 1. The fourth-order valence-corrected chi connectivity index (χ4v) is 5.54. The van der Waals surface area contributed by atoms with Crippen molar-refractivity contribution in [3.8, 4) is 11.4 Å². The molecule has 15 heteroatoms. The van der Waals surface area contributed by atoms with Crippen LogP contribution in [0.3, 0.4) is 0 Å². The van der Waals surface area contributed by atoms with Gasteiger partial charge in [-0.1, -0.05) is 40.2 Å². The van der Waals surface area contributed by atoms with E-state index < -0.39 is 53.5 Å². The van der Waals surface area contributed by atoms with Gasteiger partial charge >= 0.3 is 17.9 Å². The van der Waals surface area contributed by atoms with E-state index in [1.807, 2.05) is 0 Å². The molecule has 1 aliphatic heterocycles. The number of carbonyl (C=O) groups is 3. The minimum Gasteiger partial charge on any atom is -0.463 e. The summed E-state index contributed by atoms with van der Waals surface area (Å²) in [6.45, 7) is 3.37. The Bertz CT molecular complexity index is 1390. The van der Waals surface area contributed by atoms with Gasteiger partial charge in [0.25, 0.3) is 0 Å². The van der Waals surface area contributed by atoms with Crippen LogP contribution in [0.15, 0.2) is 47.6 Å². The van der Waals surface area contributed by atoms with Crippen molar-refractivity contribution in [3.05, 3.63) is 58.6 Å². The molecule has 0 amide bonds. The van der Waals surface area contributed by atoms with Crippen LogP contribution in [-0.4, -0.2) is 68.2 Å². The second-order valence-electron chi connectivity index (χ2n) is 8.62. The smallest absolute Gasteiger partial charge is 0.303 e. The molecule has 1 fully saturated rings. The molecule has 0 radical (unpaired) electrons. The molecule has 2 aromatic heterocycles. The fraction of sp³-hybridized carbons (Fsp3) is 0.360. The van der Waals surface area contributed by atoms with Crippen molar-refractivity contribution in [3.63, 3.8) is 0 Å². The average molecular weight is 613 g/mol. The van der Waals surface area contributed by atoms with Gasteiger partial charge in [0.05, 0.1) is 28.1 Å². The number of halogens is 3. The first-order chi connectivity index (χ1) is 19.0. The predicted octanol–water partition coefficient (Wildman–Crippen LogP) is 4.27. The third kappa shape index (κ3) is 7.27. The van der Waals surface area contributed by atoms with Crippen LogP contribution in [-0.2, 0) is 33.3 Å². The van der Waals surface area contributed by atoms with E-state index in [-0.39, 0.29) is 12.3 Å². The Labute approximate surface area is 242 Å². The Morgan fingerprint density at radius 3 is 2.35 bits per heavy atom. The molecule has 0 N–H and O–H groups in total. The first kappa shape index (κ1) is 29.7. The van der Waals surface area contributed by atoms with Gasteiger partial charge in [0.15, 0.2) is 12.2 Å². The number of hydrogen-bond donors (Lipinski definition) is 0. The van der Waals surface area contributed by atoms with E-state index in [4.69, 9.17) is 42.1 Å². The largest absolute Gasteiger partial charge is 0.463 e. The Morgan fingerprint density at radius 1 is 1.00 bits per heavy atom. The maximum atomic E-state index is 13.4. The number of pyridine rings is 1. The zero-order valence-corrected chi connectivity index (χ0v) is 23.7. The summed E-state index contributed by atoms with van der Waals surface area (Å²) in [4.78, 5) is 40.8. The monoisotopic (exact) mass is 612 g/mol. The lowest BCUT2D eigenvalue weighted by molar-refractivity contribution is -0.212. The molecule has 1 aliphatic rings. The van der Waals surface area contributed by atoms with Gasteiger partial charge in [-0.2, -0.15) is 0 Å². The molecule has 0 saturated carbocycles. The summed E-state index contributed by atoms with van der Waals surface area (Å²) >= 11 is 13.4. The quantitative estimate of drug-likeness (QED) is 0.267. The van der Waals surface area contributed by atoms with Crippen molar-refractivity contribution in [2.24, 2.45) is 0 Å². The molecule has 40 heavy (non-hydrogen) atoms. The van der Waals surface area contributed by atoms with E-state index in [9.17, 15) is 18.8 Å². The minimum atomic E-state index is -1.14. The lowest BCUT2D eigenvalue weighted by Gasteiger charge is -2.44. The van der Waals surface area contributed by atoms with E-state index in [1.165, 1.54) is 43.8 Å². The number of nitrogens with zero attached hydrogens (tertiary/aromatic N) is 4. The Hall–Kier alpha value is -3.26. The van der Waals surface area contributed by atoms with Gasteiger partial charge in [0.2, 0.25) is 0 Å². The minimum absolute atomic E-state index is 0.278. The SMILES string of the molecule is CC(=O)OCC1O[C@H](Sc2ccc(Cl)c(Cl)c2)C(OC(C)=O)[C@@H](n2cc(-c3ccc(F)cn3)nn2)[C@H]1OC(C)=O. The molecule has 1 aromatic carbocycles. The summed E-state index contributed by atoms with van der Waals surface area (Å²) < 4.78 is 37.6. The summed E-state index contributed by atoms with van der Waals surface area (Å²) in [7, 11) is 0. The van der Waals surface area contributed by atoms with Crippen LogP contribution in [0.2, 0.25) is 10.0 Å². The summed E-state index contributed by atoms with van der Waals surface area (Å²) in [5.74, 6) is -2.41. The molecule has 3 aromatic rings. The predicted molar refractivity (Wildman–Crippen MR) is 141 cm³/mol. The first-order valence-corrected chi connectivity index (χ1v) is 13.4. The number of rotatable bonds is 8. The van der Waals surface area contributed by atoms with Crippen LogP contribution >= 0.6 is 35.0 Å². The number of hydrogen-bond acceptors (Lipinski definition) is 11. The Kier molecular flexibility index (Phi) is 9.61. The molecule has 3 heterocycles. The average Bonchev–Trinajstić information content (AvgIpc) is 3.36. The van der Waals surface area contributed by atoms with E-state index >= 15 is 0 Å². The highest BCUT2D eigenvalue weighted by molar-refractivity contribution is 7.99. The Morgan fingerprint density at radius 2 is 1.73 bits per heavy atom. The molecule has 4 rings (SSSR count). The summed E-state index contributed by atoms with van der Waals surface area (Å²) in [5, 5.41) is 8.96. The molecule has 212 valence electrons. The van der Waals surface area contributed by atoms with Gasteiger partial charge in [-0.05, 0) is 30.3 Å². The molecule has 1 saturated heterocycles. The molecule has 0 spiro atoms. The van der Waals surface area contributed by atoms with E-state index in [0.717, 1.165) is 18.0 Å². The second-order valence-corrected chi connectivity index (χ2v) is 10.6. The van der Waals surface area contributed by atoms with Crippen molar-refractivity contribution < 1.29 is 37.7 Å². The topological polar surface area (TPSA) is 132 Å². The third-order valence-corrected chi connectivity index (χ3v) is 7.50. The number of esters is 3. The van der Waals surface area contributed by atoms with Gasteiger partial charge < -0.3 is 18.9 Å². The molecular formula is C25H23Cl2FN4O7S. The molecule has 2 unspecified atom stereocenters. The molecule has 5 atom stereocenters. The Balaban J connectivity index is 1.79. The maximum absolute atomic E-state index is 13.4. The lowest BCUT2D eigenvalue weighted by atomic mass is 9.96. The number of carbonyl (C=O) groups excluding carboxylic acids is 3. The van der Waals surface area contributed by atoms with E-state index in [2.05, 4.69) is 15.3 Å². The molecular weight excluding hydrogens is 590 g/mol. The molecule has 0 aliphatic carbocycles. The van der Waals surface area contributed by atoms with Crippen LogP contribution in [0.5, 0.6) is 0 Å². The molecule has 0 bridgehead atoms. The molecule has 11 nitrogen and oxygen atoms in total. The summed E-state index contributed by atoms with van der Waals surface area (Å²) in [6, 6.07) is 6.57. The lowest BCUT2D eigenvalue weighted by Crippen LogP contribution is -2.57. The standard InChI is InChI=1S/C25H23Cl2FN4O7S/c1-12(33)36-11-21-23(37-13(2)34)22(32-10-20(30-31-32)19-7-4-15(28)9-29-19)24(38-14(3)35)25(39-21)40-16-5-6-17(26)18(27)8-16/h4-10,21-25H,11H2,1-3H3/t21?,22-,23-,24?,25+/m0/s1. The van der Waals surface area contributed by atoms with Crippen LogP contribution in [0, 0.1) is 5.82 Å². The zero-order chi connectivity index (χ0) is 29.0. The van der Waals surface area contributed by atoms with Crippen molar-refractivity contribution in [1.29, 1.82) is 0 Å². The van der Waals surface area contributed by atoms with Crippen molar-refractivity contribution in [1.82, 2.24) is 20.0 Å². The number of ether oxygens (including phenoxy) is 4.